The molecule has 1 aromatic rings. The summed E-state index contributed by atoms with van der Waals surface area (Å²) in [5, 5.41) is 1.29. The number of rotatable bonds is 2. The molecule has 1 aliphatic rings. The van der Waals surface area contributed by atoms with E-state index in [-0.39, 0.29) is 5.41 Å². The lowest BCUT2D eigenvalue weighted by Gasteiger charge is -2.31. The van der Waals surface area contributed by atoms with Gasteiger partial charge in [-0.05, 0) is 47.8 Å². The maximum Gasteiger partial charge on any atom is 0.0595 e. The second-order valence-electron chi connectivity index (χ2n) is 6.59. The van der Waals surface area contributed by atoms with E-state index >= 15 is 0 Å². The van der Waals surface area contributed by atoms with Gasteiger partial charge in [-0.2, -0.15) is 0 Å². The molecule has 0 N–H and O–H groups in total. The fraction of sp³-hybridized carbons (Fsp3) is 0.529. The lowest BCUT2D eigenvalue weighted by Crippen LogP contribution is -2.19. The van der Waals surface area contributed by atoms with Crippen LogP contribution in [0.5, 0.6) is 0 Å². The zero-order valence-electron chi connectivity index (χ0n) is 12.0. The maximum absolute atomic E-state index is 6.16. The minimum absolute atomic E-state index is 0.170. The predicted octanol–water partition coefficient (Wildman–Crippen LogP) is 6.48. The van der Waals surface area contributed by atoms with Crippen LogP contribution in [0.15, 0.2) is 30.4 Å². The van der Waals surface area contributed by atoms with Gasteiger partial charge in [0.15, 0.2) is 0 Å². The highest BCUT2D eigenvalue weighted by Crippen LogP contribution is 2.48. The summed E-state index contributed by atoms with van der Waals surface area (Å²) >= 11 is 12.2. The van der Waals surface area contributed by atoms with E-state index in [2.05, 4.69) is 33.4 Å². The molecule has 0 spiro atoms. The van der Waals surface area contributed by atoms with Crippen LogP contribution < -0.4 is 0 Å². The molecule has 0 aliphatic heterocycles. The van der Waals surface area contributed by atoms with E-state index in [1.54, 1.807) is 0 Å². The Kier molecular flexibility index (Phi) is 4.32. The normalized spacial score (nSPS) is 23.6. The topological polar surface area (TPSA) is 0 Å². The van der Waals surface area contributed by atoms with E-state index in [4.69, 9.17) is 23.2 Å². The average molecular weight is 297 g/mol. The second kappa shape index (κ2) is 5.50. The smallest absolute Gasteiger partial charge is 0.0595 e. The van der Waals surface area contributed by atoms with Gasteiger partial charge < -0.3 is 0 Å². The first-order valence-corrected chi connectivity index (χ1v) is 7.70. The Morgan fingerprint density at radius 3 is 2.42 bits per heavy atom. The standard InChI is InChI=1S/C17H22Cl2/c1-11(17(2,3)4)13-6-5-7-14(13)12-8-9-15(18)16(19)10-12/h8-10,13-14H,1,5-7H2,2-4H3/t13-,14-/m1/s1. The van der Waals surface area contributed by atoms with E-state index in [0.717, 1.165) is 0 Å². The minimum atomic E-state index is 0.170. The van der Waals surface area contributed by atoms with Gasteiger partial charge in [0.1, 0.15) is 0 Å². The van der Waals surface area contributed by atoms with Crippen LogP contribution in [0.3, 0.4) is 0 Å². The molecule has 2 atom stereocenters. The molecule has 1 fully saturated rings. The highest BCUT2D eigenvalue weighted by atomic mass is 35.5. The first-order chi connectivity index (χ1) is 8.80. The van der Waals surface area contributed by atoms with Crippen molar-refractivity contribution in [3.8, 4) is 0 Å². The lowest BCUT2D eigenvalue weighted by atomic mass is 9.74. The molecule has 0 bridgehead atoms. The summed E-state index contributed by atoms with van der Waals surface area (Å²) in [5.41, 5.74) is 2.84. The summed E-state index contributed by atoms with van der Waals surface area (Å²) in [6, 6.07) is 6.06. The van der Waals surface area contributed by atoms with E-state index in [1.807, 2.05) is 12.1 Å². The molecule has 0 saturated heterocycles. The van der Waals surface area contributed by atoms with Crippen LogP contribution >= 0.6 is 23.2 Å². The van der Waals surface area contributed by atoms with E-state index in [0.29, 0.717) is 21.9 Å². The Bertz CT molecular complexity index is 483. The van der Waals surface area contributed by atoms with Crippen molar-refractivity contribution in [2.75, 3.05) is 0 Å². The Balaban J connectivity index is 2.28. The van der Waals surface area contributed by atoms with Gasteiger partial charge in [-0.15, -0.1) is 0 Å². The molecule has 2 rings (SSSR count). The van der Waals surface area contributed by atoms with E-state index < -0.39 is 0 Å². The number of hydrogen-bond donors (Lipinski definition) is 0. The molecule has 0 radical (unpaired) electrons. The third-order valence-electron chi connectivity index (χ3n) is 4.30. The summed E-state index contributed by atoms with van der Waals surface area (Å²) in [7, 11) is 0. The summed E-state index contributed by atoms with van der Waals surface area (Å²) in [6.45, 7) is 11.1. The van der Waals surface area contributed by atoms with Crippen LogP contribution in [0.25, 0.3) is 0 Å². The van der Waals surface area contributed by atoms with Gasteiger partial charge in [-0.25, -0.2) is 0 Å². The zero-order chi connectivity index (χ0) is 14.2. The summed E-state index contributed by atoms with van der Waals surface area (Å²) in [4.78, 5) is 0. The van der Waals surface area contributed by atoms with Gasteiger partial charge in [0.2, 0.25) is 0 Å². The van der Waals surface area contributed by atoms with Gasteiger partial charge in [-0.1, -0.05) is 68.6 Å². The Hall–Kier alpha value is -0.460. The lowest BCUT2D eigenvalue weighted by molar-refractivity contribution is 0.405. The average Bonchev–Trinajstić information content (AvgIpc) is 2.79. The van der Waals surface area contributed by atoms with Crippen molar-refractivity contribution in [1.82, 2.24) is 0 Å². The monoisotopic (exact) mass is 296 g/mol. The fourth-order valence-corrected chi connectivity index (χ4v) is 3.38. The quantitative estimate of drug-likeness (QED) is 0.548. The van der Waals surface area contributed by atoms with Crippen molar-refractivity contribution >= 4 is 23.2 Å². The molecule has 2 heteroatoms. The number of halogens is 2. The molecule has 1 saturated carbocycles. The molecule has 1 aromatic carbocycles. The van der Waals surface area contributed by atoms with Crippen LogP contribution in [0.4, 0.5) is 0 Å². The van der Waals surface area contributed by atoms with Crippen LogP contribution in [-0.4, -0.2) is 0 Å². The Morgan fingerprint density at radius 2 is 1.84 bits per heavy atom. The molecule has 0 amide bonds. The third-order valence-corrected chi connectivity index (χ3v) is 5.04. The SMILES string of the molecule is C=C([C@H]1CCC[C@@H]1c1ccc(Cl)c(Cl)c1)C(C)(C)C. The van der Waals surface area contributed by atoms with Crippen molar-refractivity contribution in [1.29, 1.82) is 0 Å². The van der Waals surface area contributed by atoms with Gasteiger partial charge in [0, 0.05) is 0 Å². The van der Waals surface area contributed by atoms with Gasteiger partial charge in [0.25, 0.3) is 0 Å². The van der Waals surface area contributed by atoms with Gasteiger partial charge in [0.05, 0.1) is 10.0 Å². The van der Waals surface area contributed by atoms with Crippen molar-refractivity contribution in [2.24, 2.45) is 11.3 Å². The third kappa shape index (κ3) is 3.17. The number of allylic oxidation sites excluding steroid dienone is 1. The van der Waals surface area contributed by atoms with Crippen LogP contribution in [-0.2, 0) is 0 Å². The molecule has 0 aromatic heterocycles. The van der Waals surface area contributed by atoms with Crippen LogP contribution in [0.1, 0.15) is 51.5 Å². The van der Waals surface area contributed by atoms with Crippen molar-refractivity contribution in [2.45, 2.75) is 46.0 Å². The largest absolute Gasteiger partial charge is 0.0990 e. The number of hydrogen-bond acceptors (Lipinski definition) is 0. The fourth-order valence-electron chi connectivity index (χ4n) is 3.08. The molecule has 104 valence electrons. The Labute approximate surface area is 126 Å². The minimum Gasteiger partial charge on any atom is -0.0990 e. The Morgan fingerprint density at radius 1 is 1.16 bits per heavy atom. The molecule has 19 heavy (non-hydrogen) atoms. The van der Waals surface area contributed by atoms with Gasteiger partial charge in [-0.3, -0.25) is 0 Å². The van der Waals surface area contributed by atoms with E-state index in [9.17, 15) is 0 Å². The van der Waals surface area contributed by atoms with Crippen LogP contribution in [0.2, 0.25) is 10.0 Å². The summed E-state index contributed by atoms with van der Waals surface area (Å²) in [6.07, 6.45) is 3.73. The first-order valence-electron chi connectivity index (χ1n) is 6.95. The highest BCUT2D eigenvalue weighted by Gasteiger charge is 2.34. The summed E-state index contributed by atoms with van der Waals surface area (Å²) < 4.78 is 0. The zero-order valence-corrected chi connectivity index (χ0v) is 13.5. The highest BCUT2D eigenvalue weighted by molar-refractivity contribution is 6.42. The number of benzene rings is 1. The first kappa shape index (κ1) is 14.9. The van der Waals surface area contributed by atoms with Crippen molar-refractivity contribution in [3.05, 3.63) is 46.0 Å². The van der Waals surface area contributed by atoms with Crippen molar-refractivity contribution in [3.63, 3.8) is 0 Å². The predicted molar refractivity (Wildman–Crippen MR) is 85.1 cm³/mol. The molecule has 0 nitrogen and oxygen atoms in total. The molecular formula is C17H22Cl2. The van der Waals surface area contributed by atoms with Crippen molar-refractivity contribution < 1.29 is 0 Å². The maximum atomic E-state index is 6.16. The molecule has 1 aliphatic carbocycles. The van der Waals surface area contributed by atoms with E-state index in [1.165, 1.54) is 30.4 Å². The van der Waals surface area contributed by atoms with Gasteiger partial charge >= 0.3 is 0 Å². The molecule has 0 unspecified atom stereocenters. The second-order valence-corrected chi connectivity index (χ2v) is 7.41. The van der Waals surface area contributed by atoms with Crippen LogP contribution in [0, 0.1) is 11.3 Å². The molecule has 0 heterocycles. The summed E-state index contributed by atoms with van der Waals surface area (Å²) in [5.74, 6) is 1.11. The molecular weight excluding hydrogens is 275 g/mol.